The highest BCUT2D eigenvalue weighted by Gasteiger charge is 2.13. The largest absolute Gasteiger partial charge is 0.240 e. The van der Waals surface area contributed by atoms with Crippen LogP contribution in [0.25, 0.3) is 6.08 Å². The molecular weight excluding hydrogens is 306 g/mol. The third kappa shape index (κ3) is 5.20. The van der Waals surface area contributed by atoms with Crippen molar-refractivity contribution in [3.8, 4) is 0 Å². The summed E-state index contributed by atoms with van der Waals surface area (Å²) in [6.45, 7) is 4.08. The van der Waals surface area contributed by atoms with Gasteiger partial charge >= 0.3 is 0 Å². The first-order valence-electron chi connectivity index (χ1n) is 7.46. The van der Waals surface area contributed by atoms with E-state index < -0.39 is 10.0 Å². The van der Waals surface area contributed by atoms with Crippen LogP contribution in [0.15, 0.2) is 77.2 Å². The van der Waals surface area contributed by atoms with Gasteiger partial charge < -0.3 is 0 Å². The van der Waals surface area contributed by atoms with Crippen molar-refractivity contribution in [3.63, 3.8) is 0 Å². The van der Waals surface area contributed by atoms with E-state index >= 15 is 0 Å². The Bertz CT molecular complexity index is 789. The van der Waals surface area contributed by atoms with Gasteiger partial charge in [-0.15, -0.1) is 0 Å². The van der Waals surface area contributed by atoms with Crippen LogP contribution in [-0.2, 0) is 10.0 Å². The Labute approximate surface area is 138 Å². The molecule has 23 heavy (non-hydrogen) atoms. The zero-order valence-electron chi connectivity index (χ0n) is 13.4. The molecule has 4 heteroatoms. The zero-order chi connectivity index (χ0) is 16.7. The van der Waals surface area contributed by atoms with Crippen LogP contribution in [0.1, 0.15) is 18.1 Å². The molecular formula is C19H21NO2S. The lowest BCUT2D eigenvalue weighted by Gasteiger charge is -2.08. The van der Waals surface area contributed by atoms with Gasteiger partial charge in [0.25, 0.3) is 0 Å². The van der Waals surface area contributed by atoms with Crippen molar-refractivity contribution in [2.75, 3.05) is 6.54 Å². The number of allylic oxidation sites excluding steroid dienone is 1. The summed E-state index contributed by atoms with van der Waals surface area (Å²) in [5, 5.41) is 0. The molecule has 0 aromatic heterocycles. The molecule has 3 nitrogen and oxygen atoms in total. The van der Waals surface area contributed by atoms with Crippen LogP contribution in [0.3, 0.4) is 0 Å². The average molecular weight is 327 g/mol. The van der Waals surface area contributed by atoms with Crippen LogP contribution < -0.4 is 4.72 Å². The Morgan fingerprint density at radius 3 is 2.30 bits per heavy atom. The minimum Gasteiger partial charge on any atom is -0.207 e. The molecule has 0 unspecified atom stereocenters. The minimum absolute atomic E-state index is 0.245. The maximum absolute atomic E-state index is 12.3. The van der Waals surface area contributed by atoms with Gasteiger partial charge in [0.1, 0.15) is 0 Å². The molecule has 0 bridgehead atoms. The summed E-state index contributed by atoms with van der Waals surface area (Å²) in [5.41, 5.74) is 2.96. The van der Waals surface area contributed by atoms with Crippen LogP contribution in [0.2, 0.25) is 0 Å². The molecule has 0 aliphatic rings. The lowest BCUT2D eigenvalue weighted by molar-refractivity contribution is 0.585. The fraction of sp³-hybridized carbons (Fsp3) is 0.158. The van der Waals surface area contributed by atoms with Gasteiger partial charge in [0.15, 0.2) is 0 Å². The first-order valence-corrected chi connectivity index (χ1v) is 8.94. The quantitative estimate of drug-likeness (QED) is 0.817. The Morgan fingerprint density at radius 2 is 1.70 bits per heavy atom. The van der Waals surface area contributed by atoms with Crippen molar-refractivity contribution in [1.82, 2.24) is 4.72 Å². The number of sulfonamides is 1. The molecule has 0 fully saturated rings. The lowest BCUT2D eigenvalue weighted by Crippen LogP contribution is -2.25. The standard InChI is InChI=1S/C19H21NO2S/c1-3-7-18(14-17-8-5-4-6-9-17)15-20-23(21,22)19-12-10-16(2)11-13-19/h3-14,20H,15H2,1-2H3/b7-3+,18-14+. The highest BCUT2D eigenvalue weighted by atomic mass is 32.2. The third-order valence-electron chi connectivity index (χ3n) is 3.33. The third-order valence-corrected chi connectivity index (χ3v) is 4.75. The molecule has 0 heterocycles. The molecule has 0 spiro atoms. The first kappa shape index (κ1) is 17.2. The molecule has 0 saturated heterocycles. The second-order valence-electron chi connectivity index (χ2n) is 5.27. The summed E-state index contributed by atoms with van der Waals surface area (Å²) in [6.07, 6.45) is 5.78. The normalized spacial score (nSPS) is 12.7. The van der Waals surface area contributed by atoms with Crippen LogP contribution >= 0.6 is 0 Å². The highest BCUT2D eigenvalue weighted by Crippen LogP contribution is 2.12. The van der Waals surface area contributed by atoms with Crippen LogP contribution in [0, 0.1) is 6.92 Å². The Hall–Kier alpha value is -2.17. The van der Waals surface area contributed by atoms with E-state index in [1.165, 1.54) is 0 Å². The zero-order valence-corrected chi connectivity index (χ0v) is 14.2. The maximum atomic E-state index is 12.3. The van der Waals surface area contributed by atoms with Gasteiger partial charge in [0.05, 0.1) is 4.90 Å². The molecule has 0 atom stereocenters. The fourth-order valence-corrected chi connectivity index (χ4v) is 3.13. The maximum Gasteiger partial charge on any atom is 0.240 e. The van der Waals surface area contributed by atoms with Gasteiger partial charge in [-0.25, -0.2) is 13.1 Å². The fourth-order valence-electron chi connectivity index (χ4n) is 2.11. The lowest BCUT2D eigenvalue weighted by atomic mass is 10.1. The Kier molecular flexibility index (Phi) is 5.90. The van der Waals surface area contributed by atoms with E-state index in [0.717, 1.165) is 16.7 Å². The van der Waals surface area contributed by atoms with Crippen LogP contribution in [0.5, 0.6) is 0 Å². The molecule has 120 valence electrons. The summed E-state index contributed by atoms with van der Waals surface area (Å²) < 4.78 is 27.3. The van der Waals surface area contributed by atoms with E-state index in [4.69, 9.17) is 0 Å². The minimum atomic E-state index is -3.51. The molecule has 0 amide bonds. The molecule has 0 radical (unpaired) electrons. The smallest absolute Gasteiger partial charge is 0.207 e. The summed E-state index contributed by atoms with van der Waals surface area (Å²) in [7, 11) is -3.51. The SMILES string of the molecule is C/C=C/C(=C\c1ccccc1)CNS(=O)(=O)c1ccc(C)cc1. The van der Waals surface area contributed by atoms with Crippen molar-refractivity contribution in [2.45, 2.75) is 18.7 Å². The van der Waals surface area contributed by atoms with E-state index in [-0.39, 0.29) is 11.4 Å². The van der Waals surface area contributed by atoms with Crippen LogP contribution in [-0.4, -0.2) is 15.0 Å². The van der Waals surface area contributed by atoms with E-state index in [9.17, 15) is 8.42 Å². The predicted octanol–water partition coefficient (Wildman–Crippen LogP) is 3.93. The van der Waals surface area contributed by atoms with Gasteiger partial charge in [0, 0.05) is 6.54 Å². The highest BCUT2D eigenvalue weighted by molar-refractivity contribution is 7.89. The van der Waals surface area contributed by atoms with E-state index in [0.29, 0.717) is 0 Å². The van der Waals surface area contributed by atoms with Crippen molar-refractivity contribution in [3.05, 3.63) is 83.4 Å². The Balaban J connectivity index is 2.15. The number of aryl methyl sites for hydroxylation is 1. The second kappa shape index (κ2) is 7.90. The molecule has 2 rings (SSSR count). The summed E-state index contributed by atoms with van der Waals surface area (Å²) in [4.78, 5) is 0.280. The summed E-state index contributed by atoms with van der Waals surface area (Å²) >= 11 is 0. The monoisotopic (exact) mass is 327 g/mol. The summed E-state index contributed by atoms with van der Waals surface area (Å²) in [5.74, 6) is 0. The number of benzene rings is 2. The van der Waals surface area contributed by atoms with Gasteiger partial charge in [-0.05, 0) is 37.1 Å². The average Bonchev–Trinajstić information content (AvgIpc) is 2.54. The first-order chi connectivity index (χ1) is 11.0. The van der Waals surface area contributed by atoms with Gasteiger partial charge in [-0.2, -0.15) is 0 Å². The van der Waals surface area contributed by atoms with E-state index in [2.05, 4.69) is 4.72 Å². The summed E-state index contributed by atoms with van der Waals surface area (Å²) in [6, 6.07) is 16.7. The topological polar surface area (TPSA) is 46.2 Å². The Morgan fingerprint density at radius 1 is 1.04 bits per heavy atom. The van der Waals surface area contributed by atoms with Crippen molar-refractivity contribution in [1.29, 1.82) is 0 Å². The van der Waals surface area contributed by atoms with Crippen molar-refractivity contribution < 1.29 is 8.42 Å². The van der Waals surface area contributed by atoms with Gasteiger partial charge in [-0.1, -0.05) is 66.3 Å². The molecule has 0 aliphatic carbocycles. The molecule has 0 aliphatic heterocycles. The number of rotatable bonds is 6. The molecule has 1 N–H and O–H groups in total. The van der Waals surface area contributed by atoms with Crippen molar-refractivity contribution >= 4 is 16.1 Å². The van der Waals surface area contributed by atoms with E-state index in [1.807, 2.05) is 62.4 Å². The molecule has 0 saturated carbocycles. The molecule has 2 aromatic rings. The number of nitrogens with one attached hydrogen (secondary N) is 1. The second-order valence-corrected chi connectivity index (χ2v) is 7.03. The molecule has 2 aromatic carbocycles. The van der Waals surface area contributed by atoms with Crippen LogP contribution in [0.4, 0.5) is 0 Å². The predicted molar refractivity (Wildman–Crippen MR) is 95.6 cm³/mol. The van der Waals surface area contributed by atoms with Crippen molar-refractivity contribution in [2.24, 2.45) is 0 Å². The van der Waals surface area contributed by atoms with E-state index in [1.54, 1.807) is 24.3 Å². The number of hydrogen-bond acceptors (Lipinski definition) is 2. The van der Waals surface area contributed by atoms with Gasteiger partial charge in [0.2, 0.25) is 10.0 Å². The van der Waals surface area contributed by atoms with Gasteiger partial charge in [-0.3, -0.25) is 0 Å². The number of hydrogen-bond donors (Lipinski definition) is 1.